The monoisotopic (exact) mass is 190 g/mol. The lowest BCUT2D eigenvalue weighted by Crippen LogP contribution is -1.79. The van der Waals surface area contributed by atoms with Gasteiger partial charge in [0.2, 0.25) is 0 Å². The van der Waals surface area contributed by atoms with Gasteiger partial charge in [0.15, 0.2) is 6.29 Å². The average molecular weight is 190 g/mol. The van der Waals surface area contributed by atoms with Crippen molar-refractivity contribution in [2.75, 3.05) is 0 Å². The van der Waals surface area contributed by atoms with Gasteiger partial charge in [-0.05, 0) is 29.7 Å². The van der Waals surface area contributed by atoms with Gasteiger partial charge in [-0.25, -0.2) is 0 Å². The highest BCUT2D eigenvalue weighted by Gasteiger charge is 2.03. The van der Waals surface area contributed by atoms with Crippen molar-refractivity contribution in [1.29, 1.82) is 0 Å². The Morgan fingerprint density at radius 1 is 1.31 bits per heavy atom. The number of carbonyl (C=O) groups excluding carboxylic acids is 1. The molecule has 2 aromatic rings. The third kappa shape index (κ3) is 1.62. The zero-order chi connectivity index (χ0) is 9.10. The molecule has 0 saturated heterocycles. The normalized spacial score (nSPS) is 9.85. The number of aromatic nitrogens is 2. The van der Waals surface area contributed by atoms with Crippen LogP contribution in [0.15, 0.2) is 30.5 Å². The minimum absolute atomic E-state index is 0.626. The van der Waals surface area contributed by atoms with Crippen molar-refractivity contribution in [3.63, 3.8) is 0 Å². The Morgan fingerprint density at radius 2 is 2.23 bits per heavy atom. The maximum absolute atomic E-state index is 10.4. The second-order valence-corrected chi connectivity index (χ2v) is 3.28. The zero-order valence-electron chi connectivity index (χ0n) is 6.68. The van der Waals surface area contributed by atoms with Crippen LogP contribution < -0.4 is 0 Å². The smallest absolute Gasteiger partial charge is 0.161 e. The Morgan fingerprint density at radius 3 is 2.85 bits per heavy atom. The number of hydrogen-bond acceptors (Lipinski definition) is 4. The van der Waals surface area contributed by atoms with Gasteiger partial charge >= 0.3 is 0 Å². The van der Waals surface area contributed by atoms with E-state index in [1.54, 1.807) is 12.3 Å². The second kappa shape index (κ2) is 3.45. The fraction of sp³-hybridized carbons (Fsp3) is 0. The molecule has 64 valence electrons. The minimum Gasteiger partial charge on any atom is -0.297 e. The number of pyridine rings is 1. The van der Waals surface area contributed by atoms with Crippen LogP contribution in [0.3, 0.4) is 0 Å². The number of nitrogens with zero attached hydrogens (tertiary/aromatic N) is 2. The standard InChI is InChI=1S/C9H6N2OS/c12-6-7-5-9(11-13-7)8-3-1-2-4-10-8/h1-6H. The molecule has 0 aliphatic rings. The van der Waals surface area contributed by atoms with Crippen LogP contribution in [0.5, 0.6) is 0 Å². The van der Waals surface area contributed by atoms with E-state index < -0.39 is 0 Å². The number of hydrogen-bond donors (Lipinski definition) is 0. The lowest BCUT2D eigenvalue weighted by molar-refractivity contribution is 0.112. The summed E-state index contributed by atoms with van der Waals surface area (Å²) in [5.41, 5.74) is 1.56. The van der Waals surface area contributed by atoms with Crippen LogP contribution in [0.1, 0.15) is 9.67 Å². The molecular weight excluding hydrogens is 184 g/mol. The molecule has 0 N–H and O–H groups in total. The topological polar surface area (TPSA) is 42.9 Å². The van der Waals surface area contributed by atoms with Gasteiger partial charge in [0.05, 0.1) is 10.6 Å². The summed E-state index contributed by atoms with van der Waals surface area (Å²) in [7, 11) is 0. The molecule has 0 aliphatic heterocycles. The molecule has 0 radical (unpaired) electrons. The number of carbonyl (C=O) groups is 1. The summed E-state index contributed by atoms with van der Waals surface area (Å²) in [5, 5.41) is 0. The van der Waals surface area contributed by atoms with E-state index in [4.69, 9.17) is 0 Å². The van der Waals surface area contributed by atoms with Crippen LogP contribution >= 0.6 is 11.5 Å². The molecule has 3 nitrogen and oxygen atoms in total. The molecule has 2 rings (SSSR count). The first-order valence-corrected chi connectivity index (χ1v) is 4.51. The quantitative estimate of drug-likeness (QED) is 0.680. The number of rotatable bonds is 2. The van der Waals surface area contributed by atoms with Gasteiger partial charge in [-0.3, -0.25) is 9.78 Å². The Hall–Kier alpha value is -1.55. The van der Waals surface area contributed by atoms with Crippen LogP contribution in [0.25, 0.3) is 11.4 Å². The second-order valence-electron chi connectivity index (χ2n) is 2.45. The van der Waals surface area contributed by atoms with Crippen LogP contribution in [-0.2, 0) is 0 Å². The molecule has 2 aromatic heterocycles. The van der Waals surface area contributed by atoms with E-state index in [-0.39, 0.29) is 0 Å². The molecule has 13 heavy (non-hydrogen) atoms. The van der Waals surface area contributed by atoms with Gasteiger partial charge in [-0.15, -0.1) is 0 Å². The molecule has 0 spiro atoms. The van der Waals surface area contributed by atoms with Gasteiger partial charge in [-0.2, -0.15) is 4.37 Å². The fourth-order valence-corrected chi connectivity index (χ4v) is 1.54. The Balaban J connectivity index is 2.41. The molecule has 0 aromatic carbocycles. The van der Waals surface area contributed by atoms with E-state index in [0.29, 0.717) is 4.88 Å². The summed E-state index contributed by atoms with van der Waals surface area (Å²) < 4.78 is 4.11. The van der Waals surface area contributed by atoms with Gasteiger partial charge in [0.25, 0.3) is 0 Å². The summed E-state index contributed by atoms with van der Waals surface area (Å²) in [6.45, 7) is 0. The third-order valence-corrected chi connectivity index (χ3v) is 2.28. The van der Waals surface area contributed by atoms with Gasteiger partial charge in [0.1, 0.15) is 5.69 Å². The molecule has 0 saturated carbocycles. The summed E-state index contributed by atoms with van der Waals surface area (Å²) >= 11 is 1.19. The van der Waals surface area contributed by atoms with E-state index in [9.17, 15) is 4.79 Å². The van der Waals surface area contributed by atoms with Crippen LogP contribution in [0, 0.1) is 0 Å². The van der Waals surface area contributed by atoms with E-state index in [1.807, 2.05) is 18.2 Å². The summed E-state index contributed by atoms with van der Waals surface area (Å²) in [6, 6.07) is 7.34. The van der Waals surface area contributed by atoms with E-state index in [1.165, 1.54) is 11.5 Å². The van der Waals surface area contributed by atoms with Crippen molar-refractivity contribution < 1.29 is 4.79 Å². The maximum Gasteiger partial charge on any atom is 0.161 e. The fourth-order valence-electron chi connectivity index (χ4n) is 0.980. The summed E-state index contributed by atoms with van der Waals surface area (Å²) in [6.07, 6.45) is 2.50. The third-order valence-electron chi connectivity index (χ3n) is 1.57. The molecule has 0 fully saturated rings. The SMILES string of the molecule is O=Cc1cc(-c2ccccn2)ns1. The van der Waals surface area contributed by atoms with Gasteiger partial charge in [-0.1, -0.05) is 6.07 Å². The van der Waals surface area contributed by atoms with Crippen molar-refractivity contribution in [1.82, 2.24) is 9.36 Å². The highest BCUT2D eigenvalue weighted by molar-refractivity contribution is 7.07. The van der Waals surface area contributed by atoms with Crippen molar-refractivity contribution in [3.05, 3.63) is 35.3 Å². The van der Waals surface area contributed by atoms with Crippen LogP contribution in [-0.4, -0.2) is 15.6 Å². The van der Waals surface area contributed by atoms with Crippen LogP contribution in [0.4, 0.5) is 0 Å². The van der Waals surface area contributed by atoms with Crippen LogP contribution in [0.2, 0.25) is 0 Å². The highest BCUT2D eigenvalue weighted by atomic mass is 32.1. The first kappa shape index (κ1) is 8.07. The molecule has 0 unspecified atom stereocenters. The predicted molar refractivity (Wildman–Crippen MR) is 50.7 cm³/mol. The highest BCUT2D eigenvalue weighted by Crippen LogP contribution is 2.17. The Bertz CT molecular complexity index is 411. The zero-order valence-corrected chi connectivity index (χ0v) is 7.49. The maximum atomic E-state index is 10.4. The number of aldehydes is 1. The van der Waals surface area contributed by atoms with Crippen molar-refractivity contribution in [3.8, 4) is 11.4 Å². The van der Waals surface area contributed by atoms with Gasteiger partial charge in [0, 0.05) is 6.20 Å². The van der Waals surface area contributed by atoms with E-state index in [0.717, 1.165) is 17.7 Å². The lowest BCUT2D eigenvalue weighted by Gasteiger charge is -1.91. The molecule has 0 bridgehead atoms. The lowest BCUT2D eigenvalue weighted by atomic mass is 10.2. The van der Waals surface area contributed by atoms with Crippen molar-refractivity contribution >= 4 is 17.8 Å². The molecule has 0 amide bonds. The predicted octanol–water partition coefficient (Wildman–Crippen LogP) is 2.02. The summed E-state index contributed by atoms with van der Waals surface area (Å²) in [4.78, 5) is 15.2. The molecule has 2 heterocycles. The average Bonchev–Trinajstić information content (AvgIpc) is 2.67. The van der Waals surface area contributed by atoms with Gasteiger partial charge < -0.3 is 0 Å². The Kier molecular flexibility index (Phi) is 2.14. The summed E-state index contributed by atoms with van der Waals surface area (Å²) in [5.74, 6) is 0. The Labute approximate surface area is 79.2 Å². The molecule has 0 atom stereocenters. The van der Waals surface area contributed by atoms with Crippen molar-refractivity contribution in [2.45, 2.75) is 0 Å². The van der Waals surface area contributed by atoms with E-state index >= 15 is 0 Å². The molecule has 4 heteroatoms. The van der Waals surface area contributed by atoms with E-state index in [2.05, 4.69) is 9.36 Å². The van der Waals surface area contributed by atoms with Crippen molar-refractivity contribution in [2.24, 2.45) is 0 Å². The first-order chi connectivity index (χ1) is 6.40. The molecular formula is C9H6N2OS. The molecule has 0 aliphatic carbocycles. The first-order valence-electron chi connectivity index (χ1n) is 3.73. The minimum atomic E-state index is 0.626. The largest absolute Gasteiger partial charge is 0.297 e.